The van der Waals surface area contributed by atoms with Crippen molar-refractivity contribution < 1.29 is 13.9 Å². The summed E-state index contributed by atoms with van der Waals surface area (Å²) in [6.45, 7) is 6.67. The minimum atomic E-state index is -0.404. The number of carbonyl (C=O) groups is 1. The van der Waals surface area contributed by atoms with Crippen LogP contribution in [-0.2, 0) is 0 Å². The van der Waals surface area contributed by atoms with Crippen LogP contribution >= 0.6 is 11.3 Å². The number of nitrogens with one attached hydrogen (secondary N) is 1. The van der Waals surface area contributed by atoms with Crippen molar-refractivity contribution in [3.05, 3.63) is 28.9 Å². The summed E-state index contributed by atoms with van der Waals surface area (Å²) in [6.07, 6.45) is 2.28. The van der Waals surface area contributed by atoms with Crippen LogP contribution in [0.2, 0.25) is 0 Å². The van der Waals surface area contributed by atoms with Gasteiger partial charge in [-0.1, -0.05) is 0 Å². The Morgan fingerprint density at radius 3 is 2.68 bits per heavy atom. The number of carbonyl (C=O) groups excluding carboxylic acids is 1. The lowest BCUT2D eigenvalue weighted by molar-refractivity contribution is -0.0377. The number of piperidine rings is 3. The molecular formula is C19H23FN2O2S. The van der Waals surface area contributed by atoms with E-state index in [1.54, 1.807) is 12.1 Å². The van der Waals surface area contributed by atoms with E-state index in [-0.39, 0.29) is 23.2 Å². The molecule has 3 saturated heterocycles. The Hall–Kier alpha value is -1.66. The highest BCUT2D eigenvalue weighted by Crippen LogP contribution is 2.39. The molecule has 1 aromatic heterocycles. The molecule has 3 aliphatic rings. The summed E-state index contributed by atoms with van der Waals surface area (Å²) in [5.41, 5.74) is -0.0250. The number of ether oxygens (including phenoxy) is 1. The first-order chi connectivity index (χ1) is 11.9. The molecule has 5 rings (SSSR count). The van der Waals surface area contributed by atoms with Gasteiger partial charge in [0.1, 0.15) is 0 Å². The fourth-order valence-corrected chi connectivity index (χ4v) is 5.37. The topological polar surface area (TPSA) is 41.6 Å². The Morgan fingerprint density at radius 1 is 1.32 bits per heavy atom. The Labute approximate surface area is 151 Å². The molecule has 1 aromatic carbocycles. The van der Waals surface area contributed by atoms with Gasteiger partial charge in [-0.25, -0.2) is 4.39 Å². The zero-order valence-corrected chi connectivity index (χ0v) is 15.6. The first-order valence-corrected chi connectivity index (χ1v) is 9.55. The maximum Gasteiger partial charge on any atom is 0.261 e. The lowest BCUT2D eigenvalue weighted by Gasteiger charge is -2.56. The number of hydrogen-bond acceptors (Lipinski definition) is 4. The molecule has 0 unspecified atom stereocenters. The third kappa shape index (κ3) is 2.72. The third-order valence-electron chi connectivity index (χ3n) is 5.89. The molecule has 4 heterocycles. The molecule has 3 fully saturated rings. The highest BCUT2D eigenvalue weighted by molar-refractivity contribution is 7.20. The molecule has 0 spiro atoms. The Balaban J connectivity index is 1.60. The zero-order chi connectivity index (χ0) is 17.8. The first-order valence-electron chi connectivity index (χ1n) is 8.73. The normalized spacial score (nSPS) is 27.4. The van der Waals surface area contributed by atoms with Gasteiger partial charge in [0.25, 0.3) is 5.91 Å². The fourth-order valence-electron chi connectivity index (χ4n) is 4.40. The molecule has 2 bridgehead atoms. The molecule has 3 aliphatic heterocycles. The average Bonchev–Trinajstić information content (AvgIpc) is 3.00. The van der Waals surface area contributed by atoms with E-state index >= 15 is 0 Å². The second-order valence-corrected chi connectivity index (χ2v) is 8.65. The molecule has 0 radical (unpaired) electrons. The van der Waals surface area contributed by atoms with Crippen LogP contribution in [0.3, 0.4) is 0 Å². The van der Waals surface area contributed by atoms with Crippen molar-refractivity contribution in [2.24, 2.45) is 5.92 Å². The first kappa shape index (κ1) is 16.8. The number of amides is 1. The van der Waals surface area contributed by atoms with Gasteiger partial charge < -0.3 is 10.1 Å². The van der Waals surface area contributed by atoms with Crippen molar-refractivity contribution in [2.45, 2.75) is 38.3 Å². The van der Waals surface area contributed by atoms with Crippen LogP contribution < -0.4 is 10.1 Å². The SMILES string of the molecule is COc1cc2sc(C(=O)N[C@H]3C4CCN(CC4)C3(C)C)cc2cc1F. The van der Waals surface area contributed by atoms with E-state index in [0.717, 1.165) is 36.0 Å². The molecule has 134 valence electrons. The number of rotatable bonds is 3. The van der Waals surface area contributed by atoms with Crippen LogP contribution in [0.1, 0.15) is 36.4 Å². The standard InChI is InChI=1S/C19H23FN2O2S/c1-19(2)17(11-4-6-22(19)7-5-11)21-18(23)16-9-12-8-13(20)14(24-3)10-15(12)25-16/h8-11,17H,4-7H2,1-3H3,(H,21,23)/t17-/m0/s1. The second-order valence-electron chi connectivity index (χ2n) is 7.56. The van der Waals surface area contributed by atoms with Gasteiger partial charge in [0, 0.05) is 22.3 Å². The van der Waals surface area contributed by atoms with E-state index in [9.17, 15) is 9.18 Å². The van der Waals surface area contributed by atoms with Gasteiger partial charge >= 0.3 is 0 Å². The predicted molar refractivity (Wildman–Crippen MR) is 98.0 cm³/mol. The fraction of sp³-hybridized carbons (Fsp3) is 0.526. The van der Waals surface area contributed by atoms with Gasteiger partial charge in [0.2, 0.25) is 0 Å². The van der Waals surface area contributed by atoms with E-state index in [4.69, 9.17) is 4.74 Å². The number of benzene rings is 1. The van der Waals surface area contributed by atoms with Crippen molar-refractivity contribution in [2.75, 3.05) is 20.2 Å². The third-order valence-corrected chi connectivity index (χ3v) is 6.98. The molecule has 1 N–H and O–H groups in total. The van der Waals surface area contributed by atoms with Gasteiger partial charge in [0.15, 0.2) is 11.6 Å². The van der Waals surface area contributed by atoms with Crippen LogP contribution in [0, 0.1) is 11.7 Å². The predicted octanol–water partition coefficient (Wildman–Crippen LogP) is 3.65. The van der Waals surface area contributed by atoms with Gasteiger partial charge in [0.05, 0.1) is 12.0 Å². The van der Waals surface area contributed by atoms with E-state index in [0.29, 0.717) is 10.8 Å². The highest BCUT2D eigenvalue weighted by Gasteiger charge is 2.48. The largest absolute Gasteiger partial charge is 0.494 e. The van der Waals surface area contributed by atoms with Crippen LogP contribution in [0.4, 0.5) is 4.39 Å². The van der Waals surface area contributed by atoms with Crippen molar-refractivity contribution in [3.63, 3.8) is 0 Å². The number of nitrogens with zero attached hydrogens (tertiary/aromatic N) is 1. The van der Waals surface area contributed by atoms with E-state index in [2.05, 4.69) is 24.1 Å². The van der Waals surface area contributed by atoms with Crippen molar-refractivity contribution in [1.29, 1.82) is 0 Å². The summed E-state index contributed by atoms with van der Waals surface area (Å²) in [7, 11) is 1.45. The Bertz CT molecular complexity index is 824. The molecule has 2 aromatic rings. The molecule has 1 amide bonds. The maximum absolute atomic E-state index is 13.9. The summed E-state index contributed by atoms with van der Waals surface area (Å²) >= 11 is 1.38. The van der Waals surface area contributed by atoms with Crippen LogP contribution in [0.25, 0.3) is 10.1 Å². The van der Waals surface area contributed by atoms with Crippen LogP contribution in [0.5, 0.6) is 5.75 Å². The van der Waals surface area contributed by atoms with Crippen molar-refractivity contribution in [3.8, 4) is 5.75 Å². The van der Waals surface area contributed by atoms with Gasteiger partial charge in [-0.2, -0.15) is 0 Å². The zero-order valence-electron chi connectivity index (χ0n) is 14.8. The molecular weight excluding hydrogens is 339 g/mol. The minimum absolute atomic E-state index is 0.0250. The number of fused-ring (bicyclic) bond motifs is 4. The summed E-state index contributed by atoms with van der Waals surface area (Å²) in [5.74, 6) is 0.279. The van der Waals surface area contributed by atoms with Gasteiger partial charge in [-0.05, 0) is 63.2 Å². The highest BCUT2D eigenvalue weighted by atomic mass is 32.1. The van der Waals surface area contributed by atoms with Crippen LogP contribution in [0.15, 0.2) is 18.2 Å². The summed E-state index contributed by atoms with van der Waals surface area (Å²) in [6, 6.07) is 5.01. The second kappa shape index (κ2) is 5.95. The average molecular weight is 362 g/mol. The number of methoxy groups -OCH3 is 1. The van der Waals surface area contributed by atoms with Crippen molar-refractivity contribution >= 4 is 27.3 Å². The monoisotopic (exact) mass is 362 g/mol. The number of thiophene rings is 1. The van der Waals surface area contributed by atoms with Gasteiger partial charge in [-0.3, -0.25) is 9.69 Å². The molecule has 4 nitrogen and oxygen atoms in total. The lowest BCUT2D eigenvalue weighted by Crippen LogP contribution is -2.69. The number of hydrogen-bond donors (Lipinski definition) is 1. The minimum Gasteiger partial charge on any atom is -0.494 e. The van der Waals surface area contributed by atoms with E-state index in [1.165, 1.54) is 24.5 Å². The van der Waals surface area contributed by atoms with Crippen molar-refractivity contribution in [1.82, 2.24) is 10.2 Å². The van der Waals surface area contributed by atoms with E-state index in [1.807, 2.05) is 0 Å². The maximum atomic E-state index is 13.9. The Morgan fingerprint density at radius 2 is 2.04 bits per heavy atom. The molecule has 6 heteroatoms. The smallest absolute Gasteiger partial charge is 0.261 e. The summed E-state index contributed by atoms with van der Waals surface area (Å²) in [5, 5.41) is 4.00. The summed E-state index contributed by atoms with van der Waals surface area (Å²) < 4.78 is 19.8. The molecule has 25 heavy (non-hydrogen) atoms. The lowest BCUT2D eigenvalue weighted by atomic mass is 9.72. The summed E-state index contributed by atoms with van der Waals surface area (Å²) in [4.78, 5) is 15.9. The number of halogens is 1. The molecule has 1 atom stereocenters. The molecule has 0 aliphatic carbocycles. The Kier molecular flexibility index (Phi) is 4.00. The van der Waals surface area contributed by atoms with Crippen LogP contribution in [-0.4, -0.2) is 42.6 Å². The van der Waals surface area contributed by atoms with Gasteiger partial charge in [-0.15, -0.1) is 11.3 Å². The molecule has 0 saturated carbocycles. The quantitative estimate of drug-likeness (QED) is 0.906. The van der Waals surface area contributed by atoms with E-state index < -0.39 is 5.82 Å².